The van der Waals surface area contributed by atoms with E-state index >= 15 is 0 Å². The van der Waals surface area contributed by atoms with Gasteiger partial charge in [0.05, 0.1) is 17.8 Å². The summed E-state index contributed by atoms with van der Waals surface area (Å²) in [4.78, 5) is 5.25. The van der Waals surface area contributed by atoms with Crippen LogP contribution in [0.2, 0.25) is 0 Å². The van der Waals surface area contributed by atoms with Crippen LogP contribution >= 0.6 is 11.8 Å². The van der Waals surface area contributed by atoms with E-state index < -0.39 is 0 Å². The zero-order valence-corrected chi connectivity index (χ0v) is 9.87. The van der Waals surface area contributed by atoms with Crippen LogP contribution in [0, 0.1) is 0 Å². The molecule has 0 bridgehead atoms. The average Bonchev–Trinajstić information content (AvgIpc) is 2.33. The summed E-state index contributed by atoms with van der Waals surface area (Å²) < 4.78 is 0. The lowest BCUT2D eigenvalue weighted by Crippen LogP contribution is -2.03. The van der Waals surface area contributed by atoms with Crippen molar-refractivity contribution in [3.05, 3.63) is 30.5 Å². The van der Waals surface area contributed by atoms with E-state index in [0.29, 0.717) is 0 Å². The summed E-state index contributed by atoms with van der Waals surface area (Å²) in [5.41, 5.74) is 7.73. The number of aliphatic hydroxyl groups is 1. The molecule has 0 aliphatic rings. The first kappa shape index (κ1) is 11.2. The topological polar surface area (TPSA) is 59.1 Å². The molecule has 3 nitrogen and oxygen atoms in total. The van der Waals surface area contributed by atoms with Gasteiger partial charge in [0.1, 0.15) is 0 Å². The second kappa shape index (κ2) is 4.72. The molecule has 16 heavy (non-hydrogen) atoms. The Balaban J connectivity index is 2.44. The maximum Gasteiger partial charge on any atom is 0.0723 e. The zero-order valence-electron chi connectivity index (χ0n) is 9.05. The Morgan fingerprint density at radius 3 is 3.00 bits per heavy atom. The van der Waals surface area contributed by atoms with Crippen molar-refractivity contribution >= 4 is 28.4 Å². The predicted octanol–water partition coefficient (Wildman–Crippen LogP) is 2.29. The SMILES string of the molecule is CC(CO)Sc1ccc2ncccc2c1N. The van der Waals surface area contributed by atoms with E-state index in [-0.39, 0.29) is 11.9 Å². The maximum absolute atomic E-state index is 9.03. The van der Waals surface area contributed by atoms with Crippen molar-refractivity contribution in [2.45, 2.75) is 17.1 Å². The lowest BCUT2D eigenvalue weighted by Gasteiger charge is -2.11. The molecule has 0 saturated carbocycles. The van der Waals surface area contributed by atoms with Crippen LogP contribution in [0.15, 0.2) is 35.4 Å². The van der Waals surface area contributed by atoms with Crippen LogP contribution in [0.5, 0.6) is 0 Å². The summed E-state index contributed by atoms with van der Waals surface area (Å²) in [5, 5.41) is 10.1. The van der Waals surface area contributed by atoms with Crippen molar-refractivity contribution in [1.82, 2.24) is 4.98 Å². The third-order valence-electron chi connectivity index (χ3n) is 2.37. The van der Waals surface area contributed by atoms with Crippen LogP contribution in [0.25, 0.3) is 10.9 Å². The standard InChI is InChI=1S/C12H14N2OS/c1-8(7-15)16-11-5-4-10-9(12(11)13)3-2-6-14-10/h2-6,8,15H,7,13H2,1H3. The fraction of sp³-hybridized carbons (Fsp3) is 0.250. The molecular weight excluding hydrogens is 220 g/mol. The number of aliphatic hydroxyl groups excluding tert-OH is 1. The van der Waals surface area contributed by atoms with Gasteiger partial charge in [0.2, 0.25) is 0 Å². The highest BCUT2D eigenvalue weighted by atomic mass is 32.2. The Labute approximate surface area is 98.7 Å². The van der Waals surface area contributed by atoms with Crippen LogP contribution < -0.4 is 5.73 Å². The monoisotopic (exact) mass is 234 g/mol. The third-order valence-corrected chi connectivity index (χ3v) is 3.53. The maximum atomic E-state index is 9.03. The second-order valence-electron chi connectivity index (χ2n) is 3.66. The van der Waals surface area contributed by atoms with Gasteiger partial charge in [-0.2, -0.15) is 0 Å². The highest BCUT2D eigenvalue weighted by Crippen LogP contribution is 2.33. The molecule has 0 spiro atoms. The molecular formula is C12H14N2OS. The Hall–Kier alpha value is -1.26. The van der Waals surface area contributed by atoms with Crippen LogP contribution in [0.1, 0.15) is 6.92 Å². The highest BCUT2D eigenvalue weighted by Gasteiger charge is 2.08. The fourth-order valence-electron chi connectivity index (χ4n) is 1.51. The summed E-state index contributed by atoms with van der Waals surface area (Å²) in [6.07, 6.45) is 1.75. The quantitative estimate of drug-likeness (QED) is 0.632. The van der Waals surface area contributed by atoms with E-state index in [9.17, 15) is 0 Å². The van der Waals surface area contributed by atoms with E-state index in [2.05, 4.69) is 4.98 Å². The number of nitrogens with zero attached hydrogens (tertiary/aromatic N) is 1. The highest BCUT2D eigenvalue weighted by molar-refractivity contribution is 8.00. The molecule has 2 rings (SSSR count). The molecule has 3 N–H and O–H groups in total. The Morgan fingerprint density at radius 1 is 1.44 bits per heavy atom. The number of fused-ring (bicyclic) bond motifs is 1. The molecule has 0 fully saturated rings. The number of nitrogen functional groups attached to an aromatic ring is 1. The number of anilines is 1. The van der Waals surface area contributed by atoms with E-state index in [0.717, 1.165) is 21.5 Å². The van der Waals surface area contributed by atoms with Gasteiger partial charge in [0, 0.05) is 21.7 Å². The zero-order chi connectivity index (χ0) is 11.5. The van der Waals surface area contributed by atoms with Crippen molar-refractivity contribution in [2.24, 2.45) is 0 Å². The summed E-state index contributed by atoms with van der Waals surface area (Å²) >= 11 is 1.58. The van der Waals surface area contributed by atoms with Crippen molar-refractivity contribution in [3.8, 4) is 0 Å². The number of nitrogens with two attached hydrogens (primary N) is 1. The number of aromatic nitrogens is 1. The van der Waals surface area contributed by atoms with Gasteiger partial charge in [-0.15, -0.1) is 11.8 Å². The van der Waals surface area contributed by atoms with Crippen molar-refractivity contribution in [3.63, 3.8) is 0 Å². The molecule has 1 unspecified atom stereocenters. The van der Waals surface area contributed by atoms with Gasteiger partial charge < -0.3 is 10.8 Å². The first-order valence-electron chi connectivity index (χ1n) is 5.13. The molecule has 1 aromatic carbocycles. The summed E-state index contributed by atoms with van der Waals surface area (Å²) in [7, 11) is 0. The molecule has 84 valence electrons. The predicted molar refractivity (Wildman–Crippen MR) is 68.6 cm³/mol. The van der Waals surface area contributed by atoms with Crippen molar-refractivity contribution in [2.75, 3.05) is 12.3 Å². The van der Waals surface area contributed by atoms with Crippen molar-refractivity contribution in [1.29, 1.82) is 0 Å². The van der Waals surface area contributed by atoms with Gasteiger partial charge in [-0.25, -0.2) is 0 Å². The van der Waals surface area contributed by atoms with Gasteiger partial charge in [-0.1, -0.05) is 6.92 Å². The molecule has 2 aromatic rings. The van der Waals surface area contributed by atoms with Gasteiger partial charge in [-0.05, 0) is 24.3 Å². The lowest BCUT2D eigenvalue weighted by atomic mass is 10.2. The van der Waals surface area contributed by atoms with Gasteiger partial charge in [0.15, 0.2) is 0 Å². The van der Waals surface area contributed by atoms with Crippen LogP contribution in [-0.2, 0) is 0 Å². The van der Waals surface area contributed by atoms with Crippen LogP contribution in [-0.4, -0.2) is 21.9 Å². The fourth-order valence-corrected chi connectivity index (χ4v) is 2.40. The van der Waals surface area contributed by atoms with E-state index in [1.165, 1.54) is 0 Å². The first-order chi connectivity index (χ1) is 7.72. The molecule has 1 atom stereocenters. The molecule has 0 amide bonds. The van der Waals surface area contributed by atoms with Gasteiger partial charge in [0.25, 0.3) is 0 Å². The second-order valence-corrected chi connectivity index (χ2v) is 5.14. The number of pyridine rings is 1. The first-order valence-corrected chi connectivity index (χ1v) is 6.01. The Bertz CT molecular complexity index is 501. The minimum atomic E-state index is 0.148. The Kier molecular flexibility index (Phi) is 3.31. The number of benzene rings is 1. The van der Waals surface area contributed by atoms with E-state index in [1.54, 1.807) is 18.0 Å². The smallest absolute Gasteiger partial charge is 0.0723 e. The molecule has 0 saturated heterocycles. The molecule has 0 radical (unpaired) electrons. The summed E-state index contributed by atoms with van der Waals surface area (Å²) in [6, 6.07) is 7.76. The van der Waals surface area contributed by atoms with Crippen LogP contribution in [0.3, 0.4) is 0 Å². The Morgan fingerprint density at radius 2 is 2.25 bits per heavy atom. The molecule has 1 aromatic heterocycles. The van der Waals surface area contributed by atoms with Gasteiger partial charge >= 0.3 is 0 Å². The van der Waals surface area contributed by atoms with Gasteiger partial charge in [-0.3, -0.25) is 4.98 Å². The molecule has 0 aliphatic heterocycles. The molecule has 4 heteroatoms. The van der Waals surface area contributed by atoms with Crippen molar-refractivity contribution < 1.29 is 5.11 Å². The van der Waals surface area contributed by atoms with Crippen LogP contribution in [0.4, 0.5) is 5.69 Å². The number of hydrogen-bond acceptors (Lipinski definition) is 4. The third kappa shape index (κ3) is 2.13. The normalized spacial score (nSPS) is 12.9. The summed E-state index contributed by atoms with van der Waals surface area (Å²) in [5.74, 6) is 0. The minimum Gasteiger partial charge on any atom is -0.397 e. The van der Waals surface area contributed by atoms with E-state index in [4.69, 9.17) is 10.8 Å². The lowest BCUT2D eigenvalue weighted by molar-refractivity contribution is 0.300. The molecule has 0 aliphatic carbocycles. The number of thioether (sulfide) groups is 1. The number of rotatable bonds is 3. The largest absolute Gasteiger partial charge is 0.397 e. The molecule has 1 heterocycles. The summed E-state index contributed by atoms with van der Waals surface area (Å²) in [6.45, 7) is 2.12. The minimum absolute atomic E-state index is 0.148. The average molecular weight is 234 g/mol. The van der Waals surface area contributed by atoms with E-state index in [1.807, 2.05) is 31.2 Å². The number of hydrogen-bond donors (Lipinski definition) is 2.